The summed E-state index contributed by atoms with van der Waals surface area (Å²) in [6.07, 6.45) is 1.69. The summed E-state index contributed by atoms with van der Waals surface area (Å²) in [6, 6.07) is 21.3. The van der Waals surface area contributed by atoms with Crippen molar-refractivity contribution in [3.05, 3.63) is 101 Å². The number of phenolic OH excluding ortho intramolecular Hbond substituents is 1. The van der Waals surface area contributed by atoms with Crippen molar-refractivity contribution in [3.63, 3.8) is 0 Å². The molecule has 4 rings (SSSR count). The molecule has 0 saturated heterocycles. The van der Waals surface area contributed by atoms with E-state index in [0.29, 0.717) is 77.7 Å². The van der Waals surface area contributed by atoms with E-state index in [4.69, 9.17) is 23.7 Å². The standard InChI is InChI=1S/C35H35FO8/c1-4-23-21-29(24-9-13-26(36)14-10-24)30(37)22-33(23)43-20-6-19-42-31-7-5-8-32(28(31)17-18-34(38)40-2)44-27-15-11-25(12-16-27)35(39)41-3/h5,7-16,21-22,37H,4,6,17-20H2,1-3H3. The van der Waals surface area contributed by atoms with E-state index >= 15 is 0 Å². The lowest BCUT2D eigenvalue weighted by atomic mass is 10.00. The highest BCUT2D eigenvalue weighted by atomic mass is 19.1. The molecule has 0 atom stereocenters. The number of phenols is 1. The fourth-order valence-corrected chi connectivity index (χ4v) is 4.56. The Morgan fingerprint density at radius 2 is 1.50 bits per heavy atom. The molecule has 0 unspecified atom stereocenters. The summed E-state index contributed by atoms with van der Waals surface area (Å²) in [6.45, 7) is 2.65. The van der Waals surface area contributed by atoms with Gasteiger partial charge in [-0.15, -0.1) is 0 Å². The molecule has 8 nitrogen and oxygen atoms in total. The number of carbonyl (C=O) groups excluding carboxylic acids is 2. The third-order valence-electron chi connectivity index (χ3n) is 6.92. The Labute approximate surface area is 255 Å². The third-order valence-corrected chi connectivity index (χ3v) is 6.92. The Hall–Kier alpha value is -5.05. The maximum Gasteiger partial charge on any atom is 0.337 e. The van der Waals surface area contributed by atoms with Gasteiger partial charge in [0.2, 0.25) is 0 Å². The molecule has 0 aliphatic carbocycles. The molecule has 0 aliphatic heterocycles. The molecule has 4 aromatic carbocycles. The first-order valence-electron chi connectivity index (χ1n) is 14.2. The molecule has 44 heavy (non-hydrogen) atoms. The number of halogens is 1. The number of esters is 2. The molecule has 0 heterocycles. The highest BCUT2D eigenvalue weighted by Gasteiger charge is 2.16. The van der Waals surface area contributed by atoms with E-state index in [9.17, 15) is 19.1 Å². The Morgan fingerprint density at radius 3 is 2.16 bits per heavy atom. The first-order chi connectivity index (χ1) is 21.3. The summed E-state index contributed by atoms with van der Waals surface area (Å²) in [5.41, 5.74) is 3.34. The Morgan fingerprint density at radius 1 is 0.818 bits per heavy atom. The van der Waals surface area contributed by atoms with Gasteiger partial charge in [-0.2, -0.15) is 0 Å². The van der Waals surface area contributed by atoms with Gasteiger partial charge in [0.25, 0.3) is 0 Å². The van der Waals surface area contributed by atoms with Gasteiger partial charge >= 0.3 is 11.9 Å². The van der Waals surface area contributed by atoms with Crippen LogP contribution in [-0.2, 0) is 27.1 Å². The van der Waals surface area contributed by atoms with Crippen LogP contribution >= 0.6 is 0 Å². The number of benzene rings is 4. The van der Waals surface area contributed by atoms with Crippen LogP contribution in [0, 0.1) is 5.82 Å². The minimum atomic E-state index is -0.445. The Kier molecular flexibility index (Phi) is 11.2. The maximum absolute atomic E-state index is 13.4. The van der Waals surface area contributed by atoms with Crippen molar-refractivity contribution in [2.45, 2.75) is 32.6 Å². The molecule has 0 aliphatic rings. The van der Waals surface area contributed by atoms with Crippen molar-refractivity contribution in [1.29, 1.82) is 0 Å². The molecule has 0 saturated carbocycles. The lowest BCUT2D eigenvalue weighted by molar-refractivity contribution is -0.140. The number of carbonyl (C=O) groups is 2. The molecule has 0 radical (unpaired) electrons. The molecule has 9 heteroatoms. The van der Waals surface area contributed by atoms with Gasteiger partial charge in [-0.05, 0) is 78.6 Å². The number of aryl methyl sites for hydroxylation is 1. The number of hydrogen-bond acceptors (Lipinski definition) is 8. The zero-order valence-electron chi connectivity index (χ0n) is 24.9. The fraction of sp³-hybridized carbons (Fsp3) is 0.257. The van der Waals surface area contributed by atoms with Crippen molar-refractivity contribution in [2.75, 3.05) is 27.4 Å². The minimum absolute atomic E-state index is 0.0482. The molecular formula is C35H35FO8. The van der Waals surface area contributed by atoms with Gasteiger partial charge in [0.1, 0.15) is 34.6 Å². The van der Waals surface area contributed by atoms with Crippen molar-refractivity contribution in [1.82, 2.24) is 0 Å². The predicted molar refractivity (Wildman–Crippen MR) is 163 cm³/mol. The minimum Gasteiger partial charge on any atom is -0.507 e. The van der Waals surface area contributed by atoms with Gasteiger partial charge in [0.15, 0.2) is 0 Å². The first kappa shape index (κ1) is 31.9. The van der Waals surface area contributed by atoms with E-state index < -0.39 is 5.97 Å². The molecule has 0 spiro atoms. The first-order valence-corrected chi connectivity index (χ1v) is 14.2. The van der Waals surface area contributed by atoms with Gasteiger partial charge in [0, 0.05) is 30.0 Å². The molecular weight excluding hydrogens is 567 g/mol. The van der Waals surface area contributed by atoms with Crippen molar-refractivity contribution < 1.29 is 42.8 Å². The van der Waals surface area contributed by atoms with Gasteiger partial charge in [-0.25, -0.2) is 9.18 Å². The fourth-order valence-electron chi connectivity index (χ4n) is 4.56. The number of hydrogen-bond donors (Lipinski definition) is 1. The van der Waals surface area contributed by atoms with Crippen LogP contribution in [0.3, 0.4) is 0 Å². The van der Waals surface area contributed by atoms with Gasteiger partial charge in [-0.3, -0.25) is 4.79 Å². The average Bonchev–Trinajstić information content (AvgIpc) is 3.04. The van der Waals surface area contributed by atoms with E-state index in [1.54, 1.807) is 54.6 Å². The van der Waals surface area contributed by atoms with Crippen LogP contribution in [0.5, 0.6) is 28.7 Å². The van der Waals surface area contributed by atoms with Gasteiger partial charge < -0.3 is 28.8 Å². The number of ether oxygens (including phenoxy) is 5. The highest BCUT2D eigenvalue weighted by molar-refractivity contribution is 5.89. The molecule has 1 N–H and O–H groups in total. The summed E-state index contributed by atoms with van der Waals surface area (Å²) >= 11 is 0. The maximum atomic E-state index is 13.4. The normalized spacial score (nSPS) is 10.6. The van der Waals surface area contributed by atoms with E-state index in [1.807, 2.05) is 19.1 Å². The average molecular weight is 603 g/mol. The van der Waals surface area contributed by atoms with Crippen molar-refractivity contribution >= 4 is 11.9 Å². The van der Waals surface area contributed by atoms with E-state index in [2.05, 4.69) is 0 Å². The highest BCUT2D eigenvalue weighted by Crippen LogP contribution is 2.36. The smallest absolute Gasteiger partial charge is 0.337 e. The van der Waals surface area contributed by atoms with Crippen molar-refractivity contribution in [3.8, 4) is 39.9 Å². The number of methoxy groups -OCH3 is 2. The van der Waals surface area contributed by atoms with Crippen LogP contribution in [0.1, 0.15) is 41.3 Å². The molecule has 230 valence electrons. The van der Waals surface area contributed by atoms with E-state index in [1.165, 1.54) is 26.4 Å². The quantitative estimate of drug-likeness (QED) is 0.119. The second-order valence-electron chi connectivity index (χ2n) is 9.81. The van der Waals surface area contributed by atoms with Crippen LogP contribution in [0.4, 0.5) is 4.39 Å². The van der Waals surface area contributed by atoms with Crippen molar-refractivity contribution in [2.24, 2.45) is 0 Å². The van der Waals surface area contributed by atoms with Crippen LogP contribution in [0.2, 0.25) is 0 Å². The predicted octanol–water partition coefficient (Wildman–Crippen LogP) is 7.29. The second kappa shape index (κ2) is 15.4. The van der Waals surface area contributed by atoms with Crippen LogP contribution in [0.15, 0.2) is 78.9 Å². The van der Waals surface area contributed by atoms with E-state index in [0.717, 1.165) is 5.56 Å². The molecule has 0 fully saturated rings. The van der Waals surface area contributed by atoms with Gasteiger partial charge in [-0.1, -0.05) is 25.1 Å². The summed E-state index contributed by atoms with van der Waals surface area (Å²) in [4.78, 5) is 23.7. The summed E-state index contributed by atoms with van der Waals surface area (Å²) in [5.74, 6) is 1.05. The molecule has 4 aromatic rings. The molecule has 0 aromatic heterocycles. The molecule has 0 bridgehead atoms. The van der Waals surface area contributed by atoms with Crippen LogP contribution in [-0.4, -0.2) is 44.5 Å². The van der Waals surface area contributed by atoms with Crippen LogP contribution in [0.25, 0.3) is 11.1 Å². The zero-order valence-corrected chi connectivity index (χ0v) is 24.9. The Bertz CT molecular complexity index is 1570. The second-order valence-corrected chi connectivity index (χ2v) is 9.81. The largest absolute Gasteiger partial charge is 0.507 e. The SMILES string of the molecule is CCc1cc(-c2ccc(F)cc2)c(O)cc1OCCCOc1cccc(Oc2ccc(C(=O)OC)cc2)c1CCC(=O)OC. The third kappa shape index (κ3) is 8.28. The summed E-state index contributed by atoms with van der Waals surface area (Å²) in [7, 11) is 2.66. The zero-order chi connectivity index (χ0) is 31.5. The van der Waals surface area contributed by atoms with Crippen LogP contribution < -0.4 is 14.2 Å². The molecule has 0 amide bonds. The number of rotatable bonds is 14. The lowest BCUT2D eigenvalue weighted by Crippen LogP contribution is -2.09. The Balaban J connectivity index is 1.41. The summed E-state index contributed by atoms with van der Waals surface area (Å²) < 4.78 is 41.1. The monoisotopic (exact) mass is 602 g/mol. The topological polar surface area (TPSA) is 101 Å². The van der Waals surface area contributed by atoms with E-state index in [-0.39, 0.29) is 24.0 Å². The van der Waals surface area contributed by atoms with Gasteiger partial charge in [0.05, 0.1) is 33.0 Å². The lowest BCUT2D eigenvalue weighted by Gasteiger charge is -2.17. The number of aromatic hydroxyl groups is 1. The summed E-state index contributed by atoms with van der Waals surface area (Å²) in [5, 5.41) is 10.6.